The molecule has 0 aromatic heterocycles. The number of nitrogens with two attached hydrogens (primary N) is 1. The monoisotopic (exact) mass is 452 g/mol. The van der Waals surface area contributed by atoms with Gasteiger partial charge in [0.05, 0.1) is 6.42 Å². The Labute approximate surface area is 196 Å². The van der Waals surface area contributed by atoms with Gasteiger partial charge in [-0.2, -0.15) is 0 Å². The largest absolute Gasteiger partial charge is 0.461 e. The van der Waals surface area contributed by atoms with E-state index in [9.17, 15) is 14.4 Å². The summed E-state index contributed by atoms with van der Waals surface area (Å²) in [6.45, 7) is 4.72. The summed E-state index contributed by atoms with van der Waals surface area (Å²) in [6.07, 6.45) is 14.0. The van der Waals surface area contributed by atoms with Crippen molar-refractivity contribution in [2.45, 2.75) is 84.2 Å². The van der Waals surface area contributed by atoms with Crippen LogP contribution in [-0.2, 0) is 19.1 Å². The Hall–Kier alpha value is -2.37. The van der Waals surface area contributed by atoms with E-state index in [0.29, 0.717) is 47.6 Å². The fourth-order valence-corrected chi connectivity index (χ4v) is 8.00. The highest BCUT2D eigenvalue weighted by Gasteiger charge is 2.60. The molecule has 6 atom stereocenters. The van der Waals surface area contributed by atoms with Crippen molar-refractivity contribution in [1.82, 2.24) is 5.32 Å². The fraction of sp³-hybridized carbons (Fsp3) is 0.667. The van der Waals surface area contributed by atoms with Crippen LogP contribution < -0.4 is 11.1 Å². The standard InChI is InChI=1S/C27H36N2O4/c1-26-11-9-17(30)14-16(26)5-6-18-20-7-8-23(27(20,2)12-10-21(18)26)33-24(31)15-22-19(25(28)32)4-3-13-29-22/h3,13-14,18,20-21,23,29H,4-12,15H2,1-2H3,(H2,28,32)/t18-,20-,21-,23-,26-,27-/m0/s1. The van der Waals surface area contributed by atoms with Crippen LogP contribution in [0.25, 0.3) is 0 Å². The van der Waals surface area contributed by atoms with E-state index in [0.717, 1.165) is 44.9 Å². The third-order valence-electron chi connectivity index (χ3n) is 9.83. The van der Waals surface area contributed by atoms with E-state index in [4.69, 9.17) is 10.5 Å². The van der Waals surface area contributed by atoms with Gasteiger partial charge in [-0.25, -0.2) is 0 Å². The summed E-state index contributed by atoms with van der Waals surface area (Å²) in [4.78, 5) is 36.7. The SMILES string of the molecule is C[C@]12CC[C@H]3[C@@H](CCC4=CC(=O)CC[C@@]43C)[C@@H]1CC[C@@H]2OC(=O)CC1=C(C(N)=O)CC=CN1. The highest BCUT2D eigenvalue weighted by atomic mass is 16.5. The molecule has 0 unspecified atom stereocenters. The minimum absolute atomic E-state index is 0.000313. The molecule has 3 saturated carbocycles. The first kappa shape index (κ1) is 22.4. The number of dihydropyridines is 1. The smallest absolute Gasteiger partial charge is 0.312 e. The summed E-state index contributed by atoms with van der Waals surface area (Å²) in [7, 11) is 0. The van der Waals surface area contributed by atoms with Gasteiger partial charge in [0.2, 0.25) is 5.91 Å². The van der Waals surface area contributed by atoms with Crippen LogP contribution in [0.5, 0.6) is 0 Å². The number of carbonyl (C=O) groups excluding carboxylic acids is 3. The van der Waals surface area contributed by atoms with Crippen molar-refractivity contribution in [3.8, 4) is 0 Å². The molecule has 1 heterocycles. The molecule has 5 aliphatic rings. The molecule has 33 heavy (non-hydrogen) atoms. The number of rotatable bonds is 4. The Balaban J connectivity index is 1.30. The molecule has 0 aromatic carbocycles. The summed E-state index contributed by atoms with van der Waals surface area (Å²) in [5.41, 5.74) is 8.04. The first-order valence-corrected chi connectivity index (χ1v) is 12.6. The fourth-order valence-electron chi connectivity index (χ4n) is 8.00. The average molecular weight is 453 g/mol. The van der Waals surface area contributed by atoms with Crippen LogP contribution in [0.15, 0.2) is 35.2 Å². The van der Waals surface area contributed by atoms with Gasteiger partial charge in [-0.15, -0.1) is 0 Å². The maximum absolute atomic E-state index is 12.9. The van der Waals surface area contributed by atoms with E-state index in [1.807, 2.05) is 12.2 Å². The van der Waals surface area contributed by atoms with E-state index >= 15 is 0 Å². The number of primary amides is 1. The molecule has 0 radical (unpaired) electrons. The molecule has 1 aliphatic heterocycles. The molecule has 3 N–H and O–H groups in total. The number of hydrogen-bond acceptors (Lipinski definition) is 5. The van der Waals surface area contributed by atoms with Gasteiger partial charge in [-0.3, -0.25) is 14.4 Å². The zero-order valence-electron chi connectivity index (χ0n) is 19.8. The third-order valence-corrected chi connectivity index (χ3v) is 9.83. The van der Waals surface area contributed by atoms with Crippen molar-refractivity contribution >= 4 is 17.7 Å². The first-order chi connectivity index (χ1) is 15.7. The molecule has 4 aliphatic carbocycles. The number of esters is 1. The van der Waals surface area contributed by atoms with Gasteiger partial charge >= 0.3 is 5.97 Å². The molecule has 178 valence electrons. The van der Waals surface area contributed by atoms with Crippen molar-refractivity contribution in [2.24, 2.45) is 34.3 Å². The van der Waals surface area contributed by atoms with E-state index in [-0.39, 0.29) is 29.3 Å². The van der Waals surface area contributed by atoms with Crippen molar-refractivity contribution in [3.05, 3.63) is 35.2 Å². The number of ketones is 1. The van der Waals surface area contributed by atoms with Crippen molar-refractivity contribution in [2.75, 3.05) is 0 Å². The number of allylic oxidation sites excluding steroid dienone is 2. The van der Waals surface area contributed by atoms with Gasteiger partial charge in [0.15, 0.2) is 5.78 Å². The van der Waals surface area contributed by atoms with Crippen LogP contribution in [-0.4, -0.2) is 23.8 Å². The van der Waals surface area contributed by atoms with Gasteiger partial charge < -0.3 is 15.8 Å². The lowest BCUT2D eigenvalue weighted by atomic mass is 9.47. The van der Waals surface area contributed by atoms with Gasteiger partial charge in [0.1, 0.15) is 6.10 Å². The van der Waals surface area contributed by atoms with Crippen LogP contribution in [0.4, 0.5) is 0 Å². The molecule has 6 heteroatoms. The number of nitrogens with one attached hydrogen (secondary N) is 1. The van der Waals surface area contributed by atoms with Crippen molar-refractivity contribution < 1.29 is 19.1 Å². The van der Waals surface area contributed by atoms with Crippen LogP contribution >= 0.6 is 0 Å². The summed E-state index contributed by atoms with van der Waals surface area (Å²) >= 11 is 0. The van der Waals surface area contributed by atoms with Gasteiger partial charge in [0, 0.05) is 23.1 Å². The zero-order valence-corrected chi connectivity index (χ0v) is 19.8. The normalized spacial score (nSPS) is 39.7. The quantitative estimate of drug-likeness (QED) is 0.627. The number of ether oxygens (including phenoxy) is 1. The molecular weight excluding hydrogens is 416 g/mol. The summed E-state index contributed by atoms with van der Waals surface area (Å²) in [5, 5.41) is 3.01. The highest BCUT2D eigenvalue weighted by Crippen LogP contribution is 2.65. The van der Waals surface area contributed by atoms with E-state index in [2.05, 4.69) is 19.2 Å². The summed E-state index contributed by atoms with van der Waals surface area (Å²) < 4.78 is 6.09. The van der Waals surface area contributed by atoms with E-state index < -0.39 is 5.91 Å². The zero-order chi connectivity index (χ0) is 23.4. The predicted octanol–water partition coefficient (Wildman–Crippen LogP) is 4.07. The Morgan fingerprint density at radius 3 is 2.73 bits per heavy atom. The van der Waals surface area contributed by atoms with E-state index in [1.54, 1.807) is 6.20 Å². The number of hydrogen-bond donors (Lipinski definition) is 2. The van der Waals surface area contributed by atoms with Gasteiger partial charge in [-0.1, -0.05) is 25.5 Å². The lowest BCUT2D eigenvalue weighted by molar-refractivity contribution is -0.159. The van der Waals surface area contributed by atoms with Crippen LogP contribution in [0.2, 0.25) is 0 Å². The number of carbonyl (C=O) groups is 3. The summed E-state index contributed by atoms with van der Waals surface area (Å²) in [6, 6.07) is 0. The Kier molecular flexibility index (Phi) is 5.53. The first-order valence-electron chi connectivity index (χ1n) is 12.6. The molecular formula is C27H36N2O4. The summed E-state index contributed by atoms with van der Waals surface area (Å²) in [5.74, 6) is 1.33. The molecule has 0 aromatic rings. The molecule has 1 amide bonds. The van der Waals surface area contributed by atoms with Crippen LogP contribution in [0, 0.1) is 28.6 Å². The van der Waals surface area contributed by atoms with Crippen molar-refractivity contribution in [1.29, 1.82) is 0 Å². The Morgan fingerprint density at radius 1 is 1.12 bits per heavy atom. The molecule has 3 fully saturated rings. The minimum Gasteiger partial charge on any atom is -0.461 e. The maximum Gasteiger partial charge on any atom is 0.312 e. The molecule has 0 bridgehead atoms. The number of amides is 1. The molecule has 5 rings (SSSR count). The molecule has 0 spiro atoms. The lowest BCUT2D eigenvalue weighted by Gasteiger charge is -2.57. The average Bonchev–Trinajstić information content (AvgIpc) is 3.10. The van der Waals surface area contributed by atoms with Crippen LogP contribution in [0.1, 0.15) is 78.1 Å². The van der Waals surface area contributed by atoms with Crippen molar-refractivity contribution in [3.63, 3.8) is 0 Å². The lowest BCUT2D eigenvalue weighted by Crippen LogP contribution is -2.51. The van der Waals surface area contributed by atoms with Gasteiger partial charge in [-0.05, 0) is 86.8 Å². The topological polar surface area (TPSA) is 98.5 Å². The second-order valence-corrected chi connectivity index (χ2v) is 11.3. The van der Waals surface area contributed by atoms with Crippen LogP contribution in [0.3, 0.4) is 0 Å². The Morgan fingerprint density at radius 2 is 1.94 bits per heavy atom. The minimum atomic E-state index is -0.496. The van der Waals surface area contributed by atoms with Gasteiger partial charge in [0.25, 0.3) is 0 Å². The third kappa shape index (κ3) is 3.66. The predicted molar refractivity (Wildman–Crippen MR) is 124 cm³/mol. The maximum atomic E-state index is 12.9. The second kappa shape index (κ2) is 8.14. The highest BCUT2D eigenvalue weighted by molar-refractivity contribution is 5.94. The Bertz CT molecular complexity index is 979. The second-order valence-electron chi connectivity index (χ2n) is 11.3. The molecule has 6 nitrogen and oxygen atoms in total. The molecule has 0 saturated heterocycles. The van der Waals surface area contributed by atoms with E-state index in [1.165, 1.54) is 5.57 Å². The number of fused-ring (bicyclic) bond motifs is 5.